The molecule has 1 amide bonds. The number of ether oxygens (including phenoxy) is 1. The molecule has 27 heavy (non-hydrogen) atoms. The maximum absolute atomic E-state index is 12.8. The van der Waals surface area contributed by atoms with E-state index in [2.05, 4.69) is 4.98 Å². The number of hydrogen-bond donors (Lipinski definition) is 1. The Bertz CT molecular complexity index is 845. The number of H-pyrrole nitrogens is 1. The van der Waals surface area contributed by atoms with Gasteiger partial charge in [-0.3, -0.25) is 14.4 Å². The number of ketones is 2. The van der Waals surface area contributed by atoms with E-state index in [9.17, 15) is 19.2 Å². The Hall–Kier alpha value is -2.09. The van der Waals surface area contributed by atoms with Crippen LogP contribution in [0.25, 0.3) is 0 Å². The smallest absolute Gasteiger partial charge is 0.330 e. The van der Waals surface area contributed by atoms with E-state index >= 15 is 0 Å². The summed E-state index contributed by atoms with van der Waals surface area (Å²) in [6, 6.07) is -0.662. The number of hydrogen-bond acceptors (Lipinski definition) is 6. The molecule has 1 aromatic heterocycles. The summed E-state index contributed by atoms with van der Waals surface area (Å²) in [5.41, 5.74) is 1.95. The van der Waals surface area contributed by atoms with Crippen LogP contribution in [-0.2, 0) is 14.3 Å². The quantitative estimate of drug-likeness (QED) is 0.611. The Labute approximate surface area is 162 Å². The van der Waals surface area contributed by atoms with Crippen LogP contribution in [0.4, 0.5) is 0 Å². The Kier molecular flexibility index (Phi) is 4.96. The molecule has 146 valence electrons. The van der Waals surface area contributed by atoms with Crippen LogP contribution in [0.1, 0.15) is 65.7 Å². The van der Waals surface area contributed by atoms with Crippen LogP contribution in [0.15, 0.2) is 0 Å². The number of esters is 1. The average molecular weight is 392 g/mol. The van der Waals surface area contributed by atoms with Gasteiger partial charge in [0.05, 0.1) is 10.6 Å². The molecule has 0 unspecified atom stereocenters. The summed E-state index contributed by atoms with van der Waals surface area (Å²) in [4.78, 5) is 53.5. The Balaban J connectivity index is 1.74. The first-order valence-electron chi connectivity index (χ1n) is 8.97. The fourth-order valence-electron chi connectivity index (χ4n) is 4.03. The minimum Gasteiger partial charge on any atom is -0.453 e. The first kappa shape index (κ1) is 19.7. The van der Waals surface area contributed by atoms with Gasteiger partial charge in [-0.15, -0.1) is 11.8 Å². The number of aromatic nitrogens is 1. The number of amides is 1. The standard InChI is InChI=1S/C19H24N2O5S/c1-9-15(11(3)22)10(2)20-16(9)17(24)12(4)26-18(25)13-8-27-19(5)7-6-14(23)21(13)19/h12-13,20H,6-8H2,1-5H3/t12-,13-,19-/m0/s1. The SMILES string of the molecule is CC(=O)c1c(C)[nH]c(C(=O)[C@H](C)OC(=O)[C@@H]2CS[C@@]3(C)CCC(=O)N23)c1C. The van der Waals surface area contributed by atoms with Crippen molar-refractivity contribution in [2.45, 2.75) is 64.5 Å². The van der Waals surface area contributed by atoms with Crippen molar-refractivity contribution in [3.8, 4) is 0 Å². The van der Waals surface area contributed by atoms with E-state index in [1.807, 2.05) is 6.92 Å². The van der Waals surface area contributed by atoms with Crippen molar-refractivity contribution in [2.24, 2.45) is 0 Å². The maximum atomic E-state index is 12.8. The van der Waals surface area contributed by atoms with Gasteiger partial charge in [0.15, 0.2) is 11.9 Å². The van der Waals surface area contributed by atoms with E-state index in [0.29, 0.717) is 35.4 Å². The van der Waals surface area contributed by atoms with Crippen molar-refractivity contribution >= 4 is 35.2 Å². The molecule has 0 bridgehead atoms. The molecular formula is C19H24N2O5S. The molecule has 2 aliphatic rings. The van der Waals surface area contributed by atoms with E-state index in [1.165, 1.54) is 13.8 Å². The number of Topliss-reactive ketones (excluding diaryl/α,β-unsaturated/α-hetero) is 2. The van der Waals surface area contributed by atoms with Crippen LogP contribution >= 0.6 is 11.8 Å². The van der Waals surface area contributed by atoms with Crippen molar-refractivity contribution in [3.05, 3.63) is 22.5 Å². The van der Waals surface area contributed by atoms with Crippen LogP contribution in [0.2, 0.25) is 0 Å². The second kappa shape index (κ2) is 6.82. The first-order chi connectivity index (χ1) is 12.6. The van der Waals surface area contributed by atoms with Gasteiger partial charge in [-0.1, -0.05) is 0 Å². The van der Waals surface area contributed by atoms with Gasteiger partial charge in [-0.25, -0.2) is 4.79 Å². The van der Waals surface area contributed by atoms with Crippen LogP contribution in [0.3, 0.4) is 0 Å². The number of thioether (sulfide) groups is 1. The van der Waals surface area contributed by atoms with Gasteiger partial charge >= 0.3 is 5.97 Å². The monoisotopic (exact) mass is 392 g/mol. The van der Waals surface area contributed by atoms with Crippen molar-refractivity contribution < 1.29 is 23.9 Å². The van der Waals surface area contributed by atoms with Crippen molar-refractivity contribution in [1.29, 1.82) is 0 Å². The molecule has 3 heterocycles. The summed E-state index contributed by atoms with van der Waals surface area (Å²) >= 11 is 1.57. The lowest BCUT2D eigenvalue weighted by Gasteiger charge is -2.29. The topological polar surface area (TPSA) is 96.5 Å². The molecule has 0 aromatic carbocycles. The third-order valence-electron chi connectivity index (χ3n) is 5.42. The number of carbonyl (C=O) groups excluding carboxylic acids is 4. The fourth-order valence-corrected chi connectivity index (χ4v) is 5.45. The maximum Gasteiger partial charge on any atom is 0.330 e. The summed E-state index contributed by atoms with van der Waals surface area (Å²) < 4.78 is 5.42. The first-order valence-corrected chi connectivity index (χ1v) is 9.96. The highest BCUT2D eigenvalue weighted by Crippen LogP contribution is 2.47. The highest BCUT2D eigenvalue weighted by Gasteiger charge is 2.53. The number of nitrogens with one attached hydrogen (secondary N) is 1. The van der Waals surface area contributed by atoms with Gasteiger partial charge in [-0.05, 0) is 46.6 Å². The molecule has 0 radical (unpaired) electrons. The number of rotatable bonds is 5. The minimum absolute atomic E-state index is 0.0506. The minimum atomic E-state index is -1.01. The van der Waals surface area contributed by atoms with Gasteiger partial charge in [0, 0.05) is 23.4 Å². The predicted molar refractivity (Wildman–Crippen MR) is 101 cm³/mol. The van der Waals surface area contributed by atoms with Crippen LogP contribution < -0.4 is 0 Å². The highest BCUT2D eigenvalue weighted by molar-refractivity contribution is 8.01. The van der Waals surface area contributed by atoms with Crippen LogP contribution in [-0.4, -0.2) is 56.1 Å². The number of fused-ring (bicyclic) bond motifs is 1. The average Bonchev–Trinajstić information content (AvgIpc) is 3.18. The molecule has 3 atom stereocenters. The zero-order chi connectivity index (χ0) is 20.1. The molecule has 2 saturated heterocycles. The molecule has 7 nitrogen and oxygen atoms in total. The normalized spacial score (nSPS) is 25.4. The third kappa shape index (κ3) is 3.20. The summed E-state index contributed by atoms with van der Waals surface area (Å²) in [7, 11) is 0. The second-order valence-electron chi connectivity index (χ2n) is 7.39. The van der Waals surface area contributed by atoms with Crippen LogP contribution in [0, 0.1) is 13.8 Å². The summed E-state index contributed by atoms with van der Waals surface area (Å²) in [6.07, 6.45) is 0.128. The van der Waals surface area contributed by atoms with Gasteiger partial charge in [-0.2, -0.15) is 0 Å². The summed E-state index contributed by atoms with van der Waals surface area (Å²) in [6.45, 7) is 8.34. The van der Waals surface area contributed by atoms with Crippen molar-refractivity contribution in [3.63, 3.8) is 0 Å². The predicted octanol–water partition coefficient (Wildman–Crippen LogP) is 2.40. The van der Waals surface area contributed by atoms with Gasteiger partial charge in [0.1, 0.15) is 6.04 Å². The highest BCUT2D eigenvalue weighted by atomic mass is 32.2. The van der Waals surface area contributed by atoms with Crippen LogP contribution in [0.5, 0.6) is 0 Å². The number of nitrogens with zero attached hydrogens (tertiary/aromatic N) is 1. The molecule has 0 saturated carbocycles. The zero-order valence-corrected chi connectivity index (χ0v) is 17.0. The van der Waals surface area contributed by atoms with Gasteiger partial charge in [0.2, 0.25) is 11.7 Å². The zero-order valence-electron chi connectivity index (χ0n) is 16.2. The van der Waals surface area contributed by atoms with Crippen molar-refractivity contribution in [2.75, 3.05) is 5.75 Å². The number of aromatic amines is 1. The molecule has 2 fully saturated rings. The molecule has 8 heteroatoms. The molecule has 2 aliphatic heterocycles. The third-order valence-corrected chi connectivity index (χ3v) is 6.92. The molecule has 1 aromatic rings. The fraction of sp³-hybridized carbons (Fsp3) is 0.579. The number of aryl methyl sites for hydroxylation is 1. The van der Waals surface area contributed by atoms with Gasteiger partial charge < -0.3 is 14.6 Å². The molecule has 0 aliphatic carbocycles. The summed E-state index contributed by atoms with van der Waals surface area (Å²) in [5, 5.41) is 0. The Morgan fingerprint density at radius 3 is 2.59 bits per heavy atom. The lowest BCUT2D eigenvalue weighted by molar-refractivity contribution is -0.155. The van der Waals surface area contributed by atoms with E-state index in [4.69, 9.17) is 4.74 Å². The molecule has 1 N–H and O–H groups in total. The second-order valence-corrected chi connectivity index (χ2v) is 8.89. The Morgan fingerprint density at radius 2 is 2.00 bits per heavy atom. The van der Waals surface area contributed by atoms with Gasteiger partial charge in [0.25, 0.3) is 0 Å². The van der Waals surface area contributed by atoms with E-state index < -0.39 is 23.9 Å². The van der Waals surface area contributed by atoms with E-state index in [0.717, 1.165) is 0 Å². The Morgan fingerprint density at radius 1 is 1.33 bits per heavy atom. The largest absolute Gasteiger partial charge is 0.453 e. The number of carbonyl (C=O) groups is 4. The summed E-state index contributed by atoms with van der Waals surface area (Å²) in [5.74, 6) is -0.658. The molecular weight excluding hydrogens is 368 g/mol. The van der Waals surface area contributed by atoms with E-state index in [-0.39, 0.29) is 22.3 Å². The lowest BCUT2D eigenvalue weighted by Crippen LogP contribution is -2.47. The molecule has 0 spiro atoms. The van der Waals surface area contributed by atoms with Crippen molar-refractivity contribution in [1.82, 2.24) is 9.88 Å². The lowest BCUT2D eigenvalue weighted by atomic mass is 10.0. The molecule has 3 rings (SSSR count). The van der Waals surface area contributed by atoms with E-state index in [1.54, 1.807) is 30.5 Å².